The number of nitrogens with zero attached hydrogens (tertiary/aromatic N) is 2. The third-order valence-electron chi connectivity index (χ3n) is 5.21. The highest BCUT2D eigenvalue weighted by molar-refractivity contribution is 7.92. The van der Waals surface area contributed by atoms with Crippen molar-refractivity contribution in [2.24, 2.45) is 5.41 Å². The summed E-state index contributed by atoms with van der Waals surface area (Å²) in [5.41, 5.74) is -1.14. The number of carbonyl (C=O) groups excluding carboxylic acids is 1. The predicted molar refractivity (Wildman–Crippen MR) is 84.9 cm³/mol. The average molecular weight is 346 g/mol. The highest BCUT2D eigenvalue weighted by atomic mass is 32.2. The third-order valence-corrected chi connectivity index (χ3v) is 7.43. The summed E-state index contributed by atoms with van der Waals surface area (Å²) in [5, 5.41) is -0.472. The molecule has 0 radical (unpaired) electrons. The number of carbonyl (C=O) groups is 1. The first-order valence-corrected chi connectivity index (χ1v) is 9.82. The van der Waals surface area contributed by atoms with E-state index in [4.69, 9.17) is 9.47 Å². The molecule has 0 unspecified atom stereocenters. The van der Waals surface area contributed by atoms with Gasteiger partial charge in [0.1, 0.15) is 5.60 Å². The summed E-state index contributed by atoms with van der Waals surface area (Å²) in [6.45, 7) is 7.03. The Hall–Kier alpha value is -0.700. The van der Waals surface area contributed by atoms with Crippen molar-refractivity contribution in [1.82, 2.24) is 9.80 Å². The SMILES string of the molecule is CCN(C)C[C@H]1COC2(CN(C(=O)C3(C)COC3)C2)CS1(=O)=O. The molecule has 0 N–H and O–H groups in total. The van der Waals surface area contributed by atoms with E-state index in [9.17, 15) is 13.2 Å². The van der Waals surface area contributed by atoms with Crippen molar-refractivity contribution in [3.8, 4) is 0 Å². The monoisotopic (exact) mass is 346 g/mol. The second kappa shape index (κ2) is 5.68. The van der Waals surface area contributed by atoms with Gasteiger partial charge in [-0.05, 0) is 20.5 Å². The molecule has 132 valence electrons. The molecule has 23 heavy (non-hydrogen) atoms. The van der Waals surface area contributed by atoms with Crippen LogP contribution in [-0.4, -0.2) is 93.8 Å². The lowest BCUT2D eigenvalue weighted by molar-refractivity contribution is -0.193. The van der Waals surface area contributed by atoms with Gasteiger partial charge in [-0.15, -0.1) is 0 Å². The quantitative estimate of drug-likeness (QED) is 0.675. The van der Waals surface area contributed by atoms with E-state index in [1.165, 1.54) is 0 Å². The first-order chi connectivity index (χ1) is 10.7. The normalized spacial score (nSPS) is 30.8. The fourth-order valence-corrected chi connectivity index (χ4v) is 5.42. The van der Waals surface area contributed by atoms with E-state index in [2.05, 4.69) is 0 Å². The Kier molecular flexibility index (Phi) is 4.23. The van der Waals surface area contributed by atoms with Crippen molar-refractivity contribution in [3.05, 3.63) is 0 Å². The van der Waals surface area contributed by atoms with Gasteiger partial charge in [0.25, 0.3) is 0 Å². The number of hydrogen-bond acceptors (Lipinski definition) is 6. The molecule has 0 aromatic heterocycles. The zero-order valence-corrected chi connectivity index (χ0v) is 14.9. The van der Waals surface area contributed by atoms with Crippen LogP contribution in [-0.2, 0) is 24.1 Å². The number of ether oxygens (including phenoxy) is 2. The van der Waals surface area contributed by atoms with Crippen LogP contribution in [0, 0.1) is 5.41 Å². The maximum Gasteiger partial charge on any atom is 0.233 e. The molecule has 1 amide bonds. The summed E-state index contributed by atoms with van der Waals surface area (Å²) < 4.78 is 36.1. The maximum absolute atomic E-state index is 12.6. The molecule has 3 saturated heterocycles. The van der Waals surface area contributed by atoms with Crippen LogP contribution in [0.5, 0.6) is 0 Å². The van der Waals surface area contributed by atoms with Crippen molar-refractivity contribution in [2.45, 2.75) is 24.7 Å². The second-order valence-corrected chi connectivity index (χ2v) is 9.77. The van der Waals surface area contributed by atoms with Gasteiger partial charge in [0, 0.05) is 6.54 Å². The molecule has 3 heterocycles. The Morgan fingerprint density at radius 3 is 2.48 bits per heavy atom. The lowest BCUT2D eigenvalue weighted by atomic mass is 9.83. The van der Waals surface area contributed by atoms with Crippen LogP contribution < -0.4 is 0 Å². The first kappa shape index (κ1) is 17.1. The van der Waals surface area contributed by atoms with Crippen LogP contribution in [0.15, 0.2) is 0 Å². The van der Waals surface area contributed by atoms with Gasteiger partial charge in [0.2, 0.25) is 5.91 Å². The van der Waals surface area contributed by atoms with Gasteiger partial charge >= 0.3 is 0 Å². The summed E-state index contributed by atoms with van der Waals surface area (Å²) in [4.78, 5) is 16.1. The molecule has 3 rings (SSSR count). The zero-order valence-electron chi connectivity index (χ0n) is 14.1. The molecule has 1 spiro atoms. The van der Waals surface area contributed by atoms with Crippen LogP contribution in [0.25, 0.3) is 0 Å². The van der Waals surface area contributed by atoms with Crippen LogP contribution in [0.2, 0.25) is 0 Å². The van der Waals surface area contributed by atoms with Gasteiger partial charge in [-0.2, -0.15) is 0 Å². The highest BCUT2D eigenvalue weighted by Gasteiger charge is 2.56. The number of sulfone groups is 1. The van der Waals surface area contributed by atoms with Crippen molar-refractivity contribution in [2.75, 3.05) is 58.8 Å². The molecule has 1 atom stereocenters. The average Bonchev–Trinajstić information content (AvgIpc) is 2.43. The summed E-state index contributed by atoms with van der Waals surface area (Å²) >= 11 is 0. The lowest BCUT2D eigenvalue weighted by Gasteiger charge is -2.54. The fourth-order valence-electron chi connectivity index (χ4n) is 3.43. The Bertz CT molecular complexity index is 581. The van der Waals surface area contributed by atoms with Crippen molar-refractivity contribution in [1.29, 1.82) is 0 Å². The van der Waals surface area contributed by atoms with Gasteiger partial charge in [0.15, 0.2) is 9.84 Å². The molecule has 3 aliphatic rings. The maximum atomic E-state index is 12.6. The highest BCUT2D eigenvalue weighted by Crippen LogP contribution is 2.37. The second-order valence-electron chi connectivity index (χ2n) is 7.49. The topological polar surface area (TPSA) is 76.2 Å². The smallest absolute Gasteiger partial charge is 0.233 e. The molecular formula is C15H26N2O5S. The van der Waals surface area contributed by atoms with E-state index < -0.39 is 26.1 Å². The number of hydrogen-bond donors (Lipinski definition) is 0. The van der Waals surface area contributed by atoms with Gasteiger partial charge in [0.05, 0.1) is 49.3 Å². The van der Waals surface area contributed by atoms with Gasteiger partial charge in [-0.1, -0.05) is 6.92 Å². The predicted octanol–water partition coefficient (Wildman–Crippen LogP) is -0.631. The van der Waals surface area contributed by atoms with Crippen LogP contribution in [0.3, 0.4) is 0 Å². The van der Waals surface area contributed by atoms with E-state index >= 15 is 0 Å². The largest absolute Gasteiger partial charge is 0.379 e. The molecule has 7 nitrogen and oxygen atoms in total. The Balaban J connectivity index is 1.59. The summed E-state index contributed by atoms with van der Waals surface area (Å²) in [5.74, 6) is 0.0578. The molecule has 0 aromatic rings. The number of likely N-dealkylation sites (tertiary alicyclic amines) is 1. The molecule has 8 heteroatoms. The first-order valence-electron chi connectivity index (χ1n) is 8.11. The van der Waals surface area contributed by atoms with Crippen molar-refractivity contribution < 1.29 is 22.7 Å². The van der Waals surface area contributed by atoms with E-state index in [1.807, 2.05) is 25.8 Å². The van der Waals surface area contributed by atoms with Crippen LogP contribution in [0.1, 0.15) is 13.8 Å². The Morgan fingerprint density at radius 2 is 2.00 bits per heavy atom. The van der Waals surface area contributed by atoms with E-state index in [1.54, 1.807) is 4.90 Å². The fraction of sp³-hybridized carbons (Fsp3) is 0.933. The molecule has 0 saturated carbocycles. The lowest BCUT2D eigenvalue weighted by Crippen LogP contribution is -2.73. The standard InChI is InChI=1S/C15H26N2O5S/c1-4-16(3)5-12-6-22-15(11-23(12,19)20)7-17(8-15)13(18)14(2)9-21-10-14/h12H,4-11H2,1-3H3/t12-/m0/s1. The zero-order chi connectivity index (χ0) is 16.9. The molecule has 0 bridgehead atoms. The minimum atomic E-state index is -3.20. The minimum Gasteiger partial charge on any atom is -0.379 e. The van der Waals surface area contributed by atoms with Crippen LogP contribution >= 0.6 is 0 Å². The van der Waals surface area contributed by atoms with Crippen molar-refractivity contribution >= 4 is 15.7 Å². The Morgan fingerprint density at radius 1 is 1.35 bits per heavy atom. The minimum absolute atomic E-state index is 0.0131. The summed E-state index contributed by atoms with van der Waals surface area (Å²) in [6, 6.07) is 0. The van der Waals surface area contributed by atoms with Gasteiger partial charge < -0.3 is 19.3 Å². The summed E-state index contributed by atoms with van der Waals surface area (Å²) in [6.07, 6.45) is 0. The van der Waals surface area contributed by atoms with Gasteiger partial charge in [-0.3, -0.25) is 4.79 Å². The number of rotatable bonds is 4. The van der Waals surface area contributed by atoms with Crippen LogP contribution in [0.4, 0.5) is 0 Å². The van der Waals surface area contributed by atoms with Gasteiger partial charge in [-0.25, -0.2) is 8.42 Å². The molecule has 3 aliphatic heterocycles. The molecular weight excluding hydrogens is 320 g/mol. The summed E-state index contributed by atoms with van der Waals surface area (Å²) in [7, 11) is -1.29. The Labute approximate surface area is 137 Å². The molecule has 0 aromatic carbocycles. The molecule has 0 aliphatic carbocycles. The van der Waals surface area contributed by atoms with E-state index in [0.717, 1.165) is 6.54 Å². The van der Waals surface area contributed by atoms with E-state index in [0.29, 0.717) is 32.8 Å². The number of amides is 1. The third kappa shape index (κ3) is 3.01. The van der Waals surface area contributed by atoms with Crippen molar-refractivity contribution in [3.63, 3.8) is 0 Å². The molecule has 3 fully saturated rings. The van der Waals surface area contributed by atoms with E-state index in [-0.39, 0.29) is 18.3 Å².